The highest BCUT2D eigenvalue weighted by molar-refractivity contribution is 6.31. The van der Waals surface area contributed by atoms with Crippen LogP contribution in [-0.2, 0) is 0 Å². The van der Waals surface area contributed by atoms with Gasteiger partial charge in [-0.2, -0.15) is 0 Å². The highest BCUT2D eigenvalue weighted by Gasteiger charge is 2.15. The van der Waals surface area contributed by atoms with Crippen molar-refractivity contribution in [3.8, 4) is 0 Å². The number of aryl methyl sites for hydroxylation is 1. The van der Waals surface area contributed by atoms with Crippen molar-refractivity contribution in [3.63, 3.8) is 0 Å². The molecule has 0 saturated carbocycles. The van der Waals surface area contributed by atoms with E-state index in [0.29, 0.717) is 22.0 Å². The normalized spacial score (nSPS) is 10.7. The molecule has 1 heterocycles. The summed E-state index contributed by atoms with van der Waals surface area (Å²) >= 11 is 5.98. The van der Waals surface area contributed by atoms with Crippen molar-refractivity contribution in [2.45, 2.75) is 13.8 Å². The number of rotatable bonds is 3. The maximum absolute atomic E-state index is 12.5. The third-order valence-electron chi connectivity index (χ3n) is 3.77. The number of H-pyrrole nitrogens is 1. The Morgan fingerprint density at radius 2 is 1.91 bits per heavy atom. The first-order valence-electron chi connectivity index (χ1n) is 7.16. The summed E-state index contributed by atoms with van der Waals surface area (Å²) in [6.45, 7) is 3.38. The van der Waals surface area contributed by atoms with Gasteiger partial charge in [-0.05, 0) is 43.7 Å². The summed E-state index contributed by atoms with van der Waals surface area (Å²) < 4.78 is 0. The van der Waals surface area contributed by atoms with Crippen molar-refractivity contribution in [1.82, 2.24) is 4.98 Å². The van der Waals surface area contributed by atoms with Gasteiger partial charge in [0, 0.05) is 27.2 Å². The van der Waals surface area contributed by atoms with Crippen LogP contribution >= 0.6 is 11.6 Å². The van der Waals surface area contributed by atoms with Gasteiger partial charge in [0.15, 0.2) is 5.78 Å². The highest BCUT2D eigenvalue weighted by atomic mass is 35.5. The molecule has 1 aromatic heterocycles. The fraction of sp³-hybridized carbons (Fsp3) is 0.111. The van der Waals surface area contributed by atoms with Gasteiger partial charge in [-0.1, -0.05) is 29.8 Å². The molecule has 0 atom stereocenters. The maximum atomic E-state index is 12.5. The molecule has 2 N–H and O–H groups in total. The Bertz CT molecular complexity index is 928. The maximum Gasteiger partial charge on any atom is 0.272 e. The van der Waals surface area contributed by atoms with Gasteiger partial charge < -0.3 is 10.3 Å². The summed E-state index contributed by atoms with van der Waals surface area (Å²) in [6.07, 6.45) is 0. The molecule has 3 aromatic rings. The summed E-state index contributed by atoms with van der Waals surface area (Å²) in [4.78, 5) is 27.0. The minimum atomic E-state index is -0.254. The number of carbonyl (C=O) groups excluding carboxylic acids is 2. The first-order valence-corrected chi connectivity index (χ1v) is 7.53. The third kappa shape index (κ3) is 2.98. The molecule has 0 saturated heterocycles. The van der Waals surface area contributed by atoms with E-state index in [4.69, 9.17) is 11.6 Å². The number of nitrogens with one attached hydrogen (secondary N) is 2. The number of halogens is 1. The Morgan fingerprint density at radius 1 is 1.13 bits per heavy atom. The Morgan fingerprint density at radius 3 is 2.65 bits per heavy atom. The summed E-state index contributed by atoms with van der Waals surface area (Å²) in [5.74, 6) is -0.298. The van der Waals surface area contributed by atoms with Crippen LogP contribution in [0.3, 0.4) is 0 Å². The Kier molecular flexibility index (Phi) is 3.92. The summed E-state index contributed by atoms with van der Waals surface area (Å²) in [6, 6.07) is 12.3. The number of hydrogen-bond acceptors (Lipinski definition) is 2. The van der Waals surface area contributed by atoms with E-state index in [1.165, 1.54) is 6.92 Å². The topological polar surface area (TPSA) is 62.0 Å². The average Bonchev–Trinajstić information content (AvgIpc) is 2.84. The lowest BCUT2D eigenvalue weighted by atomic mass is 10.1. The molecule has 0 fully saturated rings. The summed E-state index contributed by atoms with van der Waals surface area (Å²) in [5.41, 5.74) is 3.30. The quantitative estimate of drug-likeness (QED) is 0.692. The number of aromatic amines is 1. The number of benzene rings is 2. The zero-order chi connectivity index (χ0) is 16.6. The molecule has 0 unspecified atom stereocenters. The van der Waals surface area contributed by atoms with Crippen molar-refractivity contribution in [2.75, 3.05) is 5.32 Å². The Hall–Kier alpha value is -2.59. The highest BCUT2D eigenvalue weighted by Crippen LogP contribution is 2.25. The van der Waals surface area contributed by atoms with Gasteiger partial charge in [0.2, 0.25) is 0 Å². The van der Waals surface area contributed by atoms with Crippen LogP contribution in [0.1, 0.15) is 33.3 Å². The van der Waals surface area contributed by atoms with Crippen LogP contribution in [0.25, 0.3) is 10.9 Å². The molecule has 5 heteroatoms. The fourth-order valence-electron chi connectivity index (χ4n) is 2.55. The monoisotopic (exact) mass is 326 g/mol. The van der Waals surface area contributed by atoms with Crippen LogP contribution < -0.4 is 5.32 Å². The molecule has 4 nitrogen and oxygen atoms in total. The van der Waals surface area contributed by atoms with Gasteiger partial charge in [0.25, 0.3) is 5.91 Å². The van der Waals surface area contributed by atoms with Gasteiger partial charge in [0.1, 0.15) is 5.69 Å². The number of fused-ring (bicyclic) bond motifs is 1. The second kappa shape index (κ2) is 5.89. The van der Waals surface area contributed by atoms with Crippen molar-refractivity contribution in [2.24, 2.45) is 0 Å². The van der Waals surface area contributed by atoms with E-state index in [2.05, 4.69) is 10.3 Å². The van der Waals surface area contributed by atoms with Crippen LogP contribution in [0.15, 0.2) is 42.5 Å². The zero-order valence-electron chi connectivity index (χ0n) is 12.7. The largest absolute Gasteiger partial charge is 0.350 e. The third-order valence-corrected chi connectivity index (χ3v) is 4.01. The van der Waals surface area contributed by atoms with E-state index in [-0.39, 0.29) is 11.7 Å². The van der Waals surface area contributed by atoms with E-state index in [1.807, 2.05) is 13.0 Å². The molecule has 23 heavy (non-hydrogen) atoms. The molecule has 116 valence electrons. The Balaban J connectivity index is 1.93. The molecule has 1 amide bonds. The lowest BCUT2D eigenvalue weighted by Gasteiger charge is -2.06. The standard InChI is InChI=1S/C18H15ClN2O2/c1-10-15-7-6-13(19)9-16(15)21-17(10)18(23)20-14-5-3-4-12(8-14)11(2)22/h3-9,21H,1-2H3,(H,20,23). The molecular formula is C18H15ClN2O2. The minimum absolute atomic E-state index is 0.0440. The molecule has 2 aromatic carbocycles. The van der Waals surface area contributed by atoms with Crippen molar-refractivity contribution < 1.29 is 9.59 Å². The number of carbonyl (C=O) groups is 2. The molecule has 0 spiro atoms. The van der Waals surface area contributed by atoms with Gasteiger partial charge in [-0.15, -0.1) is 0 Å². The second-order valence-electron chi connectivity index (χ2n) is 5.41. The number of aromatic nitrogens is 1. The average molecular weight is 327 g/mol. The van der Waals surface area contributed by atoms with Crippen LogP contribution in [0.4, 0.5) is 5.69 Å². The number of ketones is 1. The predicted octanol–water partition coefficient (Wildman–Crippen LogP) is 4.58. The van der Waals surface area contributed by atoms with Crippen molar-refractivity contribution in [1.29, 1.82) is 0 Å². The fourth-order valence-corrected chi connectivity index (χ4v) is 2.72. The number of Topliss-reactive ketones (excluding diaryl/α,β-unsaturated/α-hetero) is 1. The van der Waals surface area contributed by atoms with Crippen LogP contribution in [0.2, 0.25) is 5.02 Å². The first-order chi connectivity index (χ1) is 11.0. The van der Waals surface area contributed by atoms with Gasteiger partial charge in [-0.25, -0.2) is 0 Å². The van der Waals surface area contributed by atoms with E-state index in [1.54, 1.807) is 36.4 Å². The Labute approximate surface area is 138 Å². The van der Waals surface area contributed by atoms with E-state index < -0.39 is 0 Å². The summed E-state index contributed by atoms with van der Waals surface area (Å²) in [7, 11) is 0. The predicted molar refractivity (Wildman–Crippen MR) is 92.4 cm³/mol. The first kappa shape index (κ1) is 15.3. The molecular weight excluding hydrogens is 312 g/mol. The number of amides is 1. The molecule has 0 aliphatic carbocycles. The SMILES string of the molecule is CC(=O)c1cccc(NC(=O)c2[nH]c3cc(Cl)ccc3c2C)c1. The van der Waals surface area contributed by atoms with Crippen molar-refractivity contribution >= 4 is 39.9 Å². The molecule has 3 rings (SSSR count). The second-order valence-corrected chi connectivity index (χ2v) is 5.84. The summed E-state index contributed by atoms with van der Waals surface area (Å²) in [5, 5.41) is 4.38. The smallest absolute Gasteiger partial charge is 0.272 e. The van der Waals surface area contributed by atoms with Gasteiger partial charge >= 0.3 is 0 Å². The van der Waals surface area contributed by atoms with E-state index in [0.717, 1.165) is 16.5 Å². The van der Waals surface area contributed by atoms with Crippen LogP contribution in [0.5, 0.6) is 0 Å². The lowest BCUT2D eigenvalue weighted by molar-refractivity contribution is 0.100. The van der Waals surface area contributed by atoms with Crippen LogP contribution in [-0.4, -0.2) is 16.7 Å². The van der Waals surface area contributed by atoms with Crippen molar-refractivity contribution in [3.05, 3.63) is 64.3 Å². The van der Waals surface area contributed by atoms with E-state index >= 15 is 0 Å². The molecule has 0 aliphatic heterocycles. The number of hydrogen-bond donors (Lipinski definition) is 2. The number of anilines is 1. The zero-order valence-corrected chi connectivity index (χ0v) is 13.5. The van der Waals surface area contributed by atoms with Crippen LogP contribution in [0, 0.1) is 6.92 Å². The van der Waals surface area contributed by atoms with E-state index in [9.17, 15) is 9.59 Å². The molecule has 0 bridgehead atoms. The van der Waals surface area contributed by atoms with Gasteiger partial charge in [-0.3, -0.25) is 9.59 Å². The molecule has 0 radical (unpaired) electrons. The molecule has 0 aliphatic rings. The lowest BCUT2D eigenvalue weighted by Crippen LogP contribution is -2.13. The van der Waals surface area contributed by atoms with Gasteiger partial charge in [0.05, 0.1) is 0 Å². The minimum Gasteiger partial charge on any atom is -0.350 e.